The fraction of sp³-hybridized carbons (Fsp3) is 0.308. The number of anilines is 1. The maximum Gasteiger partial charge on any atom is 0.153 e. The Labute approximate surface area is 106 Å². The number of ether oxygens (including phenoxy) is 2. The zero-order valence-corrected chi connectivity index (χ0v) is 10.6. The number of nitrogens with zero attached hydrogens (tertiary/aromatic N) is 1. The normalized spacial score (nSPS) is 10.6. The van der Waals surface area contributed by atoms with Crippen molar-refractivity contribution < 1.29 is 9.47 Å². The summed E-state index contributed by atoms with van der Waals surface area (Å²) in [5.74, 6) is 1.32. The average Bonchev–Trinajstić information content (AvgIpc) is 2.77. The molecule has 0 saturated heterocycles. The van der Waals surface area contributed by atoms with Crippen molar-refractivity contribution in [3.8, 4) is 16.9 Å². The van der Waals surface area contributed by atoms with E-state index in [-0.39, 0.29) is 0 Å². The van der Waals surface area contributed by atoms with Gasteiger partial charge in [0.2, 0.25) is 0 Å². The molecule has 2 aromatic rings. The van der Waals surface area contributed by atoms with Crippen molar-refractivity contribution >= 4 is 5.82 Å². The molecule has 3 N–H and O–H groups in total. The van der Waals surface area contributed by atoms with E-state index in [1.807, 2.05) is 24.3 Å². The number of aromatic nitrogens is 2. The van der Waals surface area contributed by atoms with Gasteiger partial charge < -0.3 is 15.2 Å². The van der Waals surface area contributed by atoms with E-state index in [0.29, 0.717) is 12.4 Å². The number of nitrogens with two attached hydrogens (primary N) is 1. The molecule has 0 atom stereocenters. The highest BCUT2D eigenvalue weighted by molar-refractivity contribution is 5.76. The van der Waals surface area contributed by atoms with Crippen LogP contribution in [-0.2, 0) is 11.2 Å². The third-order valence-electron chi connectivity index (χ3n) is 2.80. The summed E-state index contributed by atoms with van der Waals surface area (Å²) in [5.41, 5.74) is 8.85. The van der Waals surface area contributed by atoms with Gasteiger partial charge >= 0.3 is 0 Å². The zero-order chi connectivity index (χ0) is 13.0. The van der Waals surface area contributed by atoms with Crippen molar-refractivity contribution in [2.24, 2.45) is 0 Å². The van der Waals surface area contributed by atoms with Crippen LogP contribution in [0.4, 0.5) is 5.82 Å². The third kappa shape index (κ3) is 2.46. The lowest BCUT2D eigenvalue weighted by Gasteiger charge is -2.05. The second kappa shape index (κ2) is 5.55. The molecule has 0 spiro atoms. The summed E-state index contributed by atoms with van der Waals surface area (Å²) in [6, 6.07) is 7.75. The summed E-state index contributed by atoms with van der Waals surface area (Å²) < 4.78 is 10.2. The molecule has 96 valence electrons. The highest BCUT2D eigenvalue weighted by atomic mass is 16.5. The number of nitrogens with one attached hydrogen (secondary N) is 1. The minimum Gasteiger partial charge on any atom is -0.497 e. The lowest BCUT2D eigenvalue weighted by Crippen LogP contribution is -1.97. The molecule has 0 amide bonds. The lowest BCUT2D eigenvalue weighted by molar-refractivity contribution is 0.201. The molecule has 1 aromatic heterocycles. The Morgan fingerprint density at radius 3 is 2.56 bits per heavy atom. The summed E-state index contributed by atoms with van der Waals surface area (Å²) in [6.07, 6.45) is 0.752. The predicted octanol–water partition coefficient (Wildman–Crippen LogP) is 1.86. The highest BCUT2D eigenvalue weighted by Gasteiger charge is 2.12. The molecule has 1 heterocycles. The van der Waals surface area contributed by atoms with Gasteiger partial charge in [-0.2, -0.15) is 5.10 Å². The largest absolute Gasteiger partial charge is 0.497 e. The molecule has 1 aromatic carbocycles. The van der Waals surface area contributed by atoms with Crippen molar-refractivity contribution in [1.29, 1.82) is 0 Å². The van der Waals surface area contributed by atoms with Gasteiger partial charge in [0.25, 0.3) is 0 Å². The molecule has 0 radical (unpaired) electrons. The molecule has 0 bridgehead atoms. The van der Waals surface area contributed by atoms with Crippen LogP contribution in [0.2, 0.25) is 0 Å². The number of nitrogen functional groups attached to an aromatic ring is 1. The van der Waals surface area contributed by atoms with Gasteiger partial charge in [0.1, 0.15) is 5.75 Å². The molecule has 0 aliphatic rings. The maximum absolute atomic E-state index is 5.90. The number of methoxy groups -OCH3 is 2. The van der Waals surface area contributed by atoms with Crippen molar-refractivity contribution in [3.05, 3.63) is 30.0 Å². The predicted molar refractivity (Wildman–Crippen MR) is 70.6 cm³/mol. The van der Waals surface area contributed by atoms with Crippen LogP contribution in [0.15, 0.2) is 24.3 Å². The van der Waals surface area contributed by atoms with E-state index in [0.717, 1.165) is 29.0 Å². The highest BCUT2D eigenvalue weighted by Crippen LogP contribution is 2.29. The molecular weight excluding hydrogens is 230 g/mol. The number of rotatable bonds is 5. The first-order chi connectivity index (χ1) is 8.76. The van der Waals surface area contributed by atoms with Crippen LogP contribution in [0.25, 0.3) is 11.1 Å². The molecule has 5 nitrogen and oxygen atoms in total. The fourth-order valence-electron chi connectivity index (χ4n) is 1.86. The first-order valence-electron chi connectivity index (χ1n) is 5.72. The van der Waals surface area contributed by atoms with Crippen LogP contribution >= 0.6 is 0 Å². The number of hydrogen-bond donors (Lipinski definition) is 2. The summed E-state index contributed by atoms with van der Waals surface area (Å²) in [7, 11) is 3.32. The van der Waals surface area contributed by atoms with Crippen molar-refractivity contribution in [1.82, 2.24) is 10.2 Å². The van der Waals surface area contributed by atoms with Crippen LogP contribution in [-0.4, -0.2) is 31.0 Å². The molecule has 0 fully saturated rings. The Kier molecular flexibility index (Phi) is 3.84. The Bertz CT molecular complexity index is 505. The first kappa shape index (κ1) is 12.4. The van der Waals surface area contributed by atoms with E-state index in [2.05, 4.69) is 10.2 Å². The molecule has 5 heteroatoms. The minimum absolute atomic E-state index is 0.506. The lowest BCUT2D eigenvalue weighted by atomic mass is 10.0. The van der Waals surface area contributed by atoms with Crippen molar-refractivity contribution in [2.45, 2.75) is 6.42 Å². The van der Waals surface area contributed by atoms with E-state index >= 15 is 0 Å². The van der Waals surface area contributed by atoms with Crippen molar-refractivity contribution in [3.63, 3.8) is 0 Å². The SMILES string of the molecule is COCCc1[nH]nc(N)c1-c1ccc(OC)cc1. The Morgan fingerprint density at radius 1 is 1.22 bits per heavy atom. The van der Waals surface area contributed by atoms with Gasteiger partial charge in [-0.05, 0) is 17.7 Å². The van der Waals surface area contributed by atoms with Crippen LogP contribution in [0.3, 0.4) is 0 Å². The number of H-pyrrole nitrogens is 1. The molecular formula is C13H17N3O2. The van der Waals surface area contributed by atoms with Gasteiger partial charge in [-0.15, -0.1) is 0 Å². The average molecular weight is 247 g/mol. The monoisotopic (exact) mass is 247 g/mol. The number of aromatic amines is 1. The van der Waals surface area contributed by atoms with Gasteiger partial charge in [-0.3, -0.25) is 5.10 Å². The van der Waals surface area contributed by atoms with Crippen LogP contribution < -0.4 is 10.5 Å². The Hall–Kier alpha value is -2.01. The van der Waals surface area contributed by atoms with Gasteiger partial charge in [-0.1, -0.05) is 12.1 Å². The van der Waals surface area contributed by atoms with Gasteiger partial charge in [0, 0.05) is 24.8 Å². The number of hydrogen-bond acceptors (Lipinski definition) is 4. The van der Waals surface area contributed by atoms with E-state index in [1.165, 1.54) is 0 Å². The smallest absolute Gasteiger partial charge is 0.153 e. The molecule has 0 unspecified atom stereocenters. The molecule has 0 aliphatic heterocycles. The van der Waals surface area contributed by atoms with E-state index in [1.54, 1.807) is 14.2 Å². The molecule has 2 rings (SSSR count). The summed E-state index contributed by atoms with van der Waals surface area (Å²) in [6.45, 7) is 0.630. The summed E-state index contributed by atoms with van der Waals surface area (Å²) in [5, 5.41) is 7.00. The second-order valence-electron chi connectivity index (χ2n) is 3.93. The standard InChI is InChI=1S/C13H17N3O2/c1-17-8-7-11-12(13(14)16-15-11)9-3-5-10(18-2)6-4-9/h3-6H,7-8H2,1-2H3,(H3,14,15,16). The fourth-order valence-corrected chi connectivity index (χ4v) is 1.86. The summed E-state index contributed by atoms with van der Waals surface area (Å²) in [4.78, 5) is 0. The molecule has 0 aliphatic carbocycles. The summed E-state index contributed by atoms with van der Waals surface area (Å²) >= 11 is 0. The Morgan fingerprint density at radius 2 is 1.94 bits per heavy atom. The van der Waals surface area contributed by atoms with Crippen LogP contribution in [0, 0.1) is 0 Å². The van der Waals surface area contributed by atoms with Crippen molar-refractivity contribution in [2.75, 3.05) is 26.6 Å². The topological polar surface area (TPSA) is 73.2 Å². The van der Waals surface area contributed by atoms with E-state index < -0.39 is 0 Å². The van der Waals surface area contributed by atoms with Crippen LogP contribution in [0.5, 0.6) is 5.75 Å². The minimum atomic E-state index is 0.506. The first-order valence-corrected chi connectivity index (χ1v) is 5.72. The number of benzene rings is 1. The van der Waals surface area contributed by atoms with Gasteiger partial charge in [0.05, 0.1) is 13.7 Å². The van der Waals surface area contributed by atoms with E-state index in [9.17, 15) is 0 Å². The van der Waals surface area contributed by atoms with Gasteiger partial charge in [0.15, 0.2) is 5.82 Å². The maximum atomic E-state index is 5.90. The Balaban J connectivity index is 2.32. The molecule has 0 saturated carbocycles. The van der Waals surface area contributed by atoms with Gasteiger partial charge in [-0.25, -0.2) is 0 Å². The van der Waals surface area contributed by atoms with Crippen LogP contribution in [0.1, 0.15) is 5.69 Å². The third-order valence-corrected chi connectivity index (χ3v) is 2.80. The zero-order valence-electron chi connectivity index (χ0n) is 10.6. The molecule has 18 heavy (non-hydrogen) atoms. The van der Waals surface area contributed by atoms with E-state index in [4.69, 9.17) is 15.2 Å². The second-order valence-corrected chi connectivity index (χ2v) is 3.93. The quantitative estimate of drug-likeness (QED) is 0.845.